The van der Waals surface area contributed by atoms with Crippen molar-refractivity contribution < 1.29 is 9.53 Å². The fourth-order valence-corrected chi connectivity index (χ4v) is 2.13. The van der Waals surface area contributed by atoms with Crippen molar-refractivity contribution in [2.75, 3.05) is 12.8 Å². The summed E-state index contributed by atoms with van der Waals surface area (Å²) in [7, 11) is 1.37. The van der Waals surface area contributed by atoms with Crippen molar-refractivity contribution in [2.45, 2.75) is 19.3 Å². The topological polar surface area (TPSA) is 65.2 Å². The van der Waals surface area contributed by atoms with Crippen LogP contribution in [0.5, 0.6) is 0 Å². The molecule has 0 radical (unpaired) electrons. The van der Waals surface area contributed by atoms with Crippen molar-refractivity contribution in [3.8, 4) is 0 Å². The summed E-state index contributed by atoms with van der Waals surface area (Å²) in [5, 5.41) is 0.445. The third kappa shape index (κ3) is 1.87. The molecule has 0 spiro atoms. The van der Waals surface area contributed by atoms with Crippen LogP contribution in [0.1, 0.15) is 28.2 Å². The molecule has 1 heterocycles. The Kier molecular flexibility index (Phi) is 2.41. The lowest BCUT2D eigenvalue weighted by Gasteiger charge is -1.98. The Hall–Kier alpha value is -1.10. The van der Waals surface area contributed by atoms with E-state index in [1.807, 2.05) is 0 Å². The van der Waals surface area contributed by atoms with Gasteiger partial charge in [-0.15, -0.1) is 0 Å². The van der Waals surface area contributed by atoms with Crippen LogP contribution in [0, 0.1) is 5.92 Å². The summed E-state index contributed by atoms with van der Waals surface area (Å²) in [5.74, 6) is 0.370. The minimum atomic E-state index is -0.324. The molecule has 5 heteroatoms. The molecule has 0 unspecified atom stereocenters. The molecule has 0 bridgehead atoms. The Bertz CT molecular complexity index is 358. The van der Waals surface area contributed by atoms with E-state index >= 15 is 0 Å². The Morgan fingerprint density at radius 3 is 3.00 bits per heavy atom. The molecule has 0 saturated heterocycles. The summed E-state index contributed by atoms with van der Waals surface area (Å²) in [5.41, 5.74) is 6.37. The molecule has 1 fully saturated rings. The van der Waals surface area contributed by atoms with Crippen LogP contribution in [0.15, 0.2) is 0 Å². The van der Waals surface area contributed by atoms with Gasteiger partial charge in [-0.25, -0.2) is 9.78 Å². The number of nitrogens with zero attached hydrogens (tertiary/aromatic N) is 1. The SMILES string of the molecule is COC(=O)c1sc(N)nc1CC1CC1. The number of rotatable bonds is 3. The fourth-order valence-electron chi connectivity index (χ4n) is 1.36. The maximum atomic E-state index is 11.3. The quantitative estimate of drug-likeness (QED) is 0.770. The van der Waals surface area contributed by atoms with Gasteiger partial charge >= 0.3 is 5.97 Å². The van der Waals surface area contributed by atoms with Crippen molar-refractivity contribution in [3.05, 3.63) is 10.6 Å². The average molecular weight is 212 g/mol. The molecule has 2 N–H and O–H groups in total. The number of carbonyl (C=O) groups excluding carboxylic acids is 1. The van der Waals surface area contributed by atoms with Crippen LogP contribution in [0.3, 0.4) is 0 Å². The van der Waals surface area contributed by atoms with Crippen LogP contribution in [-0.2, 0) is 11.2 Å². The van der Waals surface area contributed by atoms with E-state index in [0.717, 1.165) is 12.1 Å². The molecule has 1 saturated carbocycles. The van der Waals surface area contributed by atoms with Gasteiger partial charge in [-0.05, 0) is 25.2 Å². The van der Waals surface area contributed by atoms with E-state index in [9.17, 15) is 4.79 Å². The second-order valence-electron chi connectivity index (χ2n) is 3.47. The lowest BCUT2D eigenvalue weighted by atomic mass is 10.2. The van der Waals surface area contributed by atoms with E-state index < -0.39 is 0 Å². The Morgan fingerprint density at radius 2 is 2.43 bits per heavy atom. The summed E-state index contributed by atoms with van der Waals surface area (Å²) in [6, 6.07) is 0. The molecule has 0 amide bonds. The third-order valence-corrected chi connectivity index (χ3v) is 3.17. The molecule has 0 atom stereocenters. The van der Waals surface area contributed by atoms with E-state index in [1.165, 1.54) is 31.3 Å². The first-order valence-corrected chi connectivity index (χ1v) is 5.36. The van der Waals surface area contributed by atoms with E-state index in [2.05, 4.69) is 9.72 Å². The largest absolute Gasteiger partial charge is 0.465 e. The van der Waals surface area contributed by atoms with Gasteiger partial charge in [0.2, 0.25) is 0 Å². The van der Waals surface area contributed by atoms with Crippen molar-refractivity contribution in [3.63, 3.8) is 0 Å². The zero-order valence-corrected chi connectivity index (χ0v) is 8.76. The maximum Gasteiger partial charge on any atom is 0.350 e. The van der Waals surface area contributed by atoms with Gasteiger partial charge in [0, 0.05) is 0 Å². The third-order valence-electron chi connectivity index (χ3n) is 2.26. The van der Waals surface area contributed by atoms with Crippen LogP contribution in [0.2, 0.25) is 0 Å². The number of methoxy groups -OCH3 is 1. The number of ether oxygens (including phenoxy) is 1. The number of hydrogen-bond acceptors (Lipinski definition) is 5. The first-order chi connectivity index (χ1) is 6.70. The monoisotopic (exact) mass is 212 g/mol. The number of nitrogen functional groups attached to an aromatic ring is 1. The average Bonchev–Trinajstić information content (AvgIpc) is 2.89. The Labute approximate surface area is 86.1 Å². The molecule has 0 aliphatic heterocycles. The molecular weight excluding hydrogens is 200 g/mol. The van der Waals surface area contributed by atoms with Crippen LogP contribution >= 0.6 is 11.3 Å². The van der Waals surface area contributed by atoms with Gasteiger partial charge in [-0.2, -0.15) is 0 Å². The van der Waals surface area contributed by atoms with Gasteiger partial charge in [0.1, 0.15) is 4.88 Å². The van der Waals surface area contributed by atoms with Crippen LogP contribution in [-0.4, -0.2) is 18.1 Å². The fraction of sp³-hybridized carbons (Fsp3) is 0.556. The summed E-state index contributed by atoms with van der Waals surface area (Å²) in [6.45, 7) is 0. The van der Waals surface area contributed by atoms with Gasteiger partial charge in [-0.3, -0.25) is 0 Å². The predicted molar refractivity (Wildman–Crippen MR) is 54.3 cm³/mol. The highest BCUT2D eigenvalue weighted by Crippen LogP contribution is 2.34. The van der Waals surface area contributed by atoms with E-state index in [4.69, 9.17) is 5.73 Å². The lowest BCUT2D eigenvalue weighted by molar-refractivity contribution is 0.0604. The number of thiazole rings is 1. The van der Waals surface area contributed by atoms with Gasteiger partial charge in [0.25, 0.3) is 0 Å². The maximum absolute atomic E-state index is 11.3. The summed E-state index contributed by atoms with van der Waals surface area (Å²) in [4.78, 5) is 16.1. The summed E-state index contributed by atoms with van der Waals surface area (Å²) in [6.07, 6.45) is 3.33. The van der Waals surface area contributed by atoms with Crippen LogP contribution in [0.4, 0.5) is 5.13 Å². The molecule has 1 aliphatic rings. The Morgan fingerprint density at radius 1 is 1.71 bits per heavy atom. The normalized spacial score (nSPS) is 15.5. The summed E-state index contributed by atoms with van der Waals surface area (Å²) >= 11 is 1.21. The zero-order valence-electron chi connectivity index (χ0n) is 7.95. The van der Waals surface area contributed by atoms with Crippen molar-refractivity contribution >= 4 is 22.4 Å². The first-order valence-electron chi connectivity index (χ1n) is 4.54. The molecule has 14 heavy (non-hydrogen) atoms. The number of aromatic nitrogens is 1. The standard InChI is InChI=1S/C9H12N2O2S/c1-13-8(12)7-6(4-5-2-3-5)11-9(10)14-7/h5H,2-4H2,1H3,(H2,10,11). The van der Waals surface area contributed by atoms with E-state index in [1.54, 1.807) is 0 Å². The van der Waals surface area contributed by atoms with Crippen molar-refractivity contribution in [2.24, 2.45) is 5.92 Å². The molecule has 0 aromatic carbocycles. The zero-order chi connectivity index (χ0) is 10.1. The number of anilines is 1. The molecule has 1 aromatic heterocycles. The van der Waals surface area contributed by atoms with Gasteiger partial charge in [0.05, 0.1) is 12.8 Å². The lowest BCUT2D eigenvalue weighted by Crippen LogP contribution is -2.03. The Balaban J connectivity index is 2.22. The number of esters is 1. The van der Waals surface area contributed by atoms with E-state index in [-0.39, 0.29) is 5.97 Å². The highest BCUT2D eigenvalue weighted by atomic mass is 32.1. The van der Waals surface area contributed by atoms with Crippen molar-refractivity contribution in [1.29, 1.82) is 0 Å². The van der Waals surface area contributed by atoms with Crippen molar-refractivity contribution in [1.82, 2.24) is 4.98 Å². The number of nitrogens with two attached hydrogens (primary N) is 1. The van der Waals surface area contributed by atoms with E-state index in [0.29, 0.717) is 15.9 Å². The van der Waals surface area contributed by atoms with Gasteiger partial charge < -0.3 is 10.5 Å². The second kappa shape index (κ2) is 3.57. The minimum Gasteiger partial charge on any atom is -0.465 e. The van der Waals surface area contributed by atoms with Crippen LogP contribution in [0.25, 0.3) is 0 Å². The van der Waals surface area contributed by atoms with Crippen LogP contribution < -0.4 is 5.73 Å². The number of hydrogen-bond donors (Lipinski definition) is 1. The highest BCUT2D eigenvalue weighted by molar-refractivity contribution is 7.17. The number of carbonyl (C=O) groups is 1. The second-order valence-corrected chi connectivity index (χ2v) is 4.50. The smallest absolute Gasteiger partial charge is 0.350 e. The molecule has 4 nitrogen and oxygen atoms in total. The molecule has 2 rings (SSSR count). The van der Waals surface area contributed by atoms with Gasteiger partial charge in [0.15, 0.2) is 5.13 Å². The molecular formula is C9H12N2O2S. The molecule has 1 aromatic rings. The molecule has 76 valence electrons. The molecule has 1 aliphatic carbocycles. The highest BCUT2D eigenvalue weighted by Gasteiger charge is 2.26. The van der Waals surface area contributed by atoms with Gasteiger partial charge in [-0.1, -0.05) is 11.3 Å². The predicted octanol–water partition coefficient (Wildman–Crippen LogP) is 1.46. The first kappa shape index (κ1) is 9.45. The minimum absolute atomic E-state index is 0.324. The summed E-state index contributed by atoms with van der Waals surface area (Å²) < 4.78 is 4.67.